The van der Waals surface area contributed by atoms with Crippen molar-refractivity contribution in [1.82, 2.24) is 4.90 Å². The van der Waals surface area contributed by atoms with Gasteiger partial charge in [0, 0.05) is 6.54 Å². The summed E-state index contributed by atoms with van der Waals surface area (Å²) in [7, 11) is 0. The van der Waals surface area contributed by atoms with Crippen LogP contribution >= 0.6 is 11.3 Å². The fraction of sp³-hybridized carbons (Fsp3) is 0.188. The average Bonchev–Trinajstić information content (AvgIpc) is 3.08. The van der Waals surface area contributed by atoms with E-state index in [1.54, 1.807) is 35.6 Å². The number of carbonyl (C=O) groups is 2. The summed E-state index contributed by atoms with van der Waals surface area (Å²) >= 11 is 1.62. The lowest BCUT2D eigenvalue weighted by atomic mass is 10.1. The van der Waals surface area contributed by atoms with Crippen molar-refractivity contribution in [3.8, 4) is 0 Å². The maximum atomic E-state index is 12.4. The zero-order valence-corrected chi connectivity index (χ0v) is 12.0. The summed E-state index contributed by atoms with van der Waals surface area (Å²) < 4.78 is 0. The quantitative estimate of drug-likeness (QED) is 0.799. The maximum Gasteiger partial charge on any atom is 0.261 e. The molecule has 104 valence electrons. The van der Waals surface area contributed by atoms with Crippen molar-refractivity contribution in [2.45, 2.75) is 6.42 Å². The first kappa shape index (κ1) is 12.5. The fourth-order valence-electron chi connectivity index (χ4n) is 2.82. The number of carbonyl (C=O) groups excluding carboxylic acids is 2. The highest BCUT2D eigenvalue weighted by Gasteiger charge is 2.36. The molecule has 0 radical (unpaired) electrons. The smallest absolute Gasteiger partial charge is 0.261 e. The molecule has 0 unspecified atom stereocenters. The summed E-state index contributed by atoms with van der Waals surface area (Å²) in [6.45, 7) is 0.988. The predicted molar refractivity (Wildman–Crippen MR) is 81.2 cm³/mol. The molecule has 1 aromatic carbocycles. The topological polar surface area (TPSA) is 49.7 Å². The molecule has 0 atom stereocenters. The summed E-state index contributed by atoms with van der Waals surface area (Å²) in [6, 6.07) is 9.06. The molecule has 0 saturated heterocycles. The number of fused-ring (bicyclic) bond motifs is 2. The number of hydrogen-bond donors (Lipinski definition) is 0. The van der Waals surface area contributed by atoms with E-state index in [1.807, 2.05) is 5.38 Å². The SMILES string of the molecule is O=C1c2ccccc2C(=O)N1CC1=NCCc2ccsc21. The van der Waals surface area contributed by atoms with E-state index in [0.29, 0.717) is 11.1 Å². The highest BCUT2D eigenvalue weighted by molar-refractivity contribution is 7.12. The first-order valence-corrected chi connectivity index (χ1v) is 7.69. The number of aliphatic imine (C=N–C) groups is 1. The molecule has 5 heteroatoms. The second kappa shape index (κ2) is 4.63. The molecule has 0 N–H and O–H groups in total. The Labute approximate surface area is 125 Å². The molecule has 0 saturated carbocycles. The van der Waals surface area contributed by atoms with E-state index in [4.69, 9.17) is 0 Å². The van der Waals surface area contributed by atoms with Crippen molar-refractivity contribution in [2.75, 3.05) is 13.1 Å². The molecule has 0 spiro atoms. The van der Waals surface area contributed by atoms with Crippen LogP contribution in [0.1, 0.15) is 31.2 Å². The van der Waals surface area contributed by atoms with Crippen LogP contribution < -0.4 is 0 Å². The Kier molecular flexibility index (Phi) is 2.75. The van der Waals surface area contributed by atoms with E-state index < -0.39 is 0 Å². The summed E-state index contributed by atoms with van der Waals surface area (Å²) in [4.78, 5) is 31.7. The zero-order chi connectivity index (χ0) is 14.4. The molecule has 1 aromatic heterocycles. The van der Waals surface area contributed by atoms with Gasteiger partial charge in [-0.25, -0.2) is 0 Å². The Hall–Kier alpha value is -2.27. The lowest BCUT2D eigenvalue weighted by Gasteiger charge is -2.18. The van der Waals surface area contributed by atoms with Gasteiger partial charge in [0.2, 0.25) is 0 Å². The Morgan fingerprint density at radius 1 is 1.10 bits per heavy atom. The van der Waals surface area contributed by atoms with E-state index in [-0.39, 0.29) is 18.4 Å². The van der Waals surface area contributed by atoms with E-state index in [1.165, 1.54) is 10.5 Å². The van der Waals surface area contributed by atoms with Crippen LogP contribution in [0.2, 0.25) is 0 Å². The highest BCUT2D eigenvalue weighted by atomic mass is 32.1. The first-order valence-electron chi connectivity index (χ1n) is 6.81. The summed E-state index contributed by atoms with van der Waals surface area (Å²) in [6.07, 6.45) is 0.935. The van der Waals surface area contributed by atoms with E-state index in [0.717, 1.165) is 23.6 Å². The molecule has 0 fully saturated rings. The van der Waals surface area contributed by atoms with Gasteiger partial charge < -0.3 is 0 Å². The monoisotopic (exact) mass is 296 g/mol. The molecular weight excluding hydrogens is 284 g/mol. The first-order chi connectivity index (χ1) is 10.3. The van der Waals surface area contributed by atoms with Crippen LogP contribution in [-0.2, 0) is 6.42 Å². The van der Waals surface area contributed by atoms with Gasteiger partial charge in [0.15, 0.2) is 0 Å². The van der Waals surface area contributed by atoms with Gasteiger partial charge >= 0.3 is 0 Å². The molecule has 0 aliphatic carbocycles. The van der Waals surface area contributed by atoms with Crippen LogP contribution in [0.15, 0.2) is 40.7 Å². The number of benzene rings is 1. The second-order valence-corrected chi connectivity index (χ2v) is 6.01. The van der Waals surface area contributed by atoms with Crippen LogP contribution in [0.4, 0.5) is 0 Å². The molecule has 2 aliphatic rings. The third-order valence-electron chi connectivity index (χ3n) is 3.88. The van der Waals surface area contributed by atoms with E-state index >= 15 is 0 Å². The van der Waals surface area contributed by atoms with Crippen molar-refractivity contribution >= 4 is 28.9 Å². The number of nitrogens with zero attached hydrogens (tertiary/aromatic N) is 2. The lowest BCUT2D eigenvalue weighted by Crippen LogP contribution is -2.36. The Morgan fingerprint density at radius 2 is 1.81 bits per heavy atom. The minimum Gasteiger partial charge on any atom is -0.286 e. The summed E-state index contributed by atoms with van der Waals surface area (Å²) in [5.41, 5.74) is 3.10. The fourth-order valence-corrected chi connectivity index (χ4v) is 3.78. The largest absolute Gasteiger partial charge is 0.286 e. The van der Waals surface area contributed by atoms with Gasteiger partial charge in [0.1, 0.15) is 0 Å². The van der Waals surface area contributed by atoms with Crippen LogP contribution in [0.5, 0.6) is 0 Å². The van der Waals surface area contributed by atoms with Crippen LogP contribution in [0.25, 0.3) is 0 Å². The summed E-state index contributed by atoms with van der Waals surface area (Å²) in [5, 5.41) is 2.04. The molecule has 0 bridgehead atoms. The maximum absolute atomic E-state index is 12.4. The van der Waals surface area contributed by atoms with Gasteiger partial charge in [-0.2, -0.15) is 0 Å². The number of rotatable bonds is 2. The molecule has 3 heterocycles. The van der Waals surface area contributed by atoms with Crippen molar-refractivity contribution in [1.29, 1.82) is 0 Å². The normalized spacial score (nSPS) is 16.8. The Bertz CT molecular complexity index is 756. The van der Waals surface area contributed by atoms with Gasteiger partial charge in [-0.3, -0.25) is 19.5 Å². The van der Waals surface area contributed by atoms with Crippen molar-refractivity contribution in [3.05, 3.63) is 57.3 Å². The second-order valence-electron chi connectivity index (χ2n) is 5.10. The lowest BCUT2D eigenvalue weighted by molar-refractivity contribution is 0.0677. The van der Waals surface area contributed by atoms with Gasteiger partial charge in [0.25, 0.3) is 11.8 Å². The minimum atomic E-state index is -0.220. The minimum absolute atomic E-state index is 0.220. The van der Waals surface area contributed by atoms with E-state index in [2.05, 4.69) is 11.1 Å². The molecule has 21 heavy (non-hydrogen) atoms. The number of thiophene rings is 1. The third kappa shape index (κ3) is 1.85. The standard InChI is InChI=1S/C16H12N2O2S/c19-15-11-3-1-2-4-12(11)16(20)18(15)9-13-14-10(5-7-17-13)6-8-21-14/h1-4,6,8H,5,7,9H2. The molecule has 4 rings (SSSR count). The molecule has 4 nitrogen and oxygen atoms in total. The number of hydrogen-bond acceptors (Lipinski definition) is 4. The van der Waals surface area contributed by atoms with Crippen LogP contribution in [-0.4, -0.2) is 35.5 Å². The molecular formula is C16H12N2O2S. The predicted octanol–water partition coefficient (Wildman–Crippen LogP) is 2.39. The van der Waals surface area contributed by atoms with Crippen molar-refractivity contribution in [3.63, 3.8) is 0 Å². The van der Waals surface area contributed by atoms with Crippen LogP contribution in [0, 0.1) is 0 Å². The number of imide groups is 1. The molecule has 2 aromatic rings. The third-order valence-corrected chi connectivity index (χ3v) is 4.88. The Morgan fingerprint density at radius 3 is 2.52 bits per heavy atom. The Balaban J connectivity index is 1.67. The highest BCUT2D eigenvalue weighted by Crippen LogP contribution is 2.26. The number of amides is 2. The van der Waals surface area contributed by atoms with Crippen LogP contribution in [0.3, 0.4) is 0 Å². The molecule has 2 aliphatic heterocycles. The average molecular weight is 296 g/mol. The van der Waals surface area contributed by atoms with Gasteiger partial charge in [-0.05, 0) is 35.6 Å². The van der Waals surface area contributed by atoms with Gasteiger partial charge in [0.05, 0.1) is 28.3 Å². The van der Waals surface area contributed by atoms with E-state index in [9.17, 15) is 9.59 Å². The summed E-state index contributed by atoms with van der Waals surface area (Å²) in [5.74, 6) is -0.441. The molecule has 2 amide bonds. The zero-order valence-electron chi connectivity index (χ0n) is 11.2. The van der Waals surface area contributed by atoms with Crippen molar-refractivity contribution < 1.29 is 9.59 Å². The van der Waals surface area contributed by atoms with Crippen molar-refractivity contribution in [2.24, 2.45) is 4.99 Å². The van der Waals surface area contributed by atoms with Gasteiger partial charge in [-0.15, -0.1) is 11.3 Å². The van der Waals surface area contributed by atoms with Gasteiger partial charge in [-0.1, -0.05) is 12.1 Å².